The van der Waals surface area contributed by atoms with E-state index in [1.165, 1.54) is 5.56 Å². The van der Waals surface area contributed by atoms with Gasteiger partial charge in [-0.2, -0.15) is 0 Å². The van der Waals surface area contributed by atoms with Gasteiger partial charge in [0.1, 0.15) is 0 Å². The average molecular weight is 400 g/mol. The summed E-state index contributed by atoms with van der Waals surface area (Å²) < 4.78 is 0. The number of thiocarbonyl (C=S) groups is 1. The van der Waals surface area contributed by atoms with Crippen LogP contribution < -0.4 is 16.2 Å². The number of hydrogen-bond acceptors (Lipinski definition) is 4. The number of benzene rings is 3. The molecule has 4 rings (SSSR count). The molecule has 0 saturated carbocycles. The van der Waals surface area contributed by atoms with Gasteiger partial charge in [-0.3, -0.25) is 10.9 Å². The van der Waals surface area contributed by atoms with E-state index in [4.69, 9.17) is 17.2 Å². The maximum Gasteiger partial charge on any atom is 0.242 e. The van der Waals surface area contributed by atoms with Crippen LogP contribution in [0.4, 0.5) is 5.95 Å². The number of aromatic nitrogens is 2. The normalized spacial score (nSPS) is 10.5. The highest BCUT2D eigenvalue weighted by Gasteiger charge is 2.10. The molecule has 0 amide bonds. The van der Waals surface area contributed by atoms with Crippen molar-refractivity contribution in [3.63, 3.8) is 0 Å². The highest BCUT2D eigenvalue weighted by Crippen LogP contribution is 2.27. The Balaban J connectivity index is 1.53. The average Bonchev–Trinajstić information content (AvgIpc) is 2.77. The fourth-order valence-corrected chi connectivity index (χ4v) is 3.17. The summed E-state index contributed by atoms with van der Waals surface area (Å²) in [5.41, 5.74) is 11.1. The first kappa shape index (κ1) is 18.8. The predicted octanol–water partition coefficient (Wildman–Crippen LogP) is 4.60. The summed E-state index contributed by atoms with van der Waals surface area (Å²) in [7, 11) is 0. The number of rotatable bonds is 5. The molecule has 0 aliphatic rings. The molecule has 144 valence electrons. The van der Waals surface area contributed by atoms with E-state index in [-0.39, 0.29) is 0 Å². The summed E-state index contributed by atoms with van der Waals surface area (Å²) in [5.74, 6) is 0.462. The van der Waals surface area contributed by atoms with Crippen molar-refractivity contribution in [2.24, 2.45) is 0 Å². The quantitative estimate of drug-likeness (QED) is 0.337. The zero-order valence-corrected chi connectivity index (χ0v) is 16.8. The third-order valence-electron chi connectivity index (χ3n) is 4.48. The molecule has 6 heteroatoms. The van der Waals surface area contributed by atoms with Crippen molar-refractivity contribution in [3.8, 4) is 11.3 Å². The van der Waals surface area contributed by atoms with Crippen molar-refractivity contribution in [2.45, 2.75) is 13.5 Å². The van der Waals surface area contributed by atoms with Crippen LogP contribution in [0.1, 0.15) is 11.1 Å². The fraction of sp³-hybridized carbons (Fsp3) is 0.0870. The van der Waals surface area contributed by atoms with Gasteiger partial charge in [-0.1, -0.05) is 72.3 Å². The molecule has 5 nitrogen and oxygen atoms in total. The number of nitrogens with one attached hydrogen (secondary N) is 3. The lowest BCUT2D eigenvalue weighted by atomic mass is 10.0. The molecule has 0 fully saturated rings. The van der Waals surface area contributed by atoms with Crippen LogP contribution in [0.3, 0.4) is 0 Å². The number of hydrazine groups is 1. The van der Waals surface area contributed by atoms with E-state index in [2.05, 4.69) is 34.1 Å². The molecule has 4 aromatic rings. The molecule has 0 aliphatic carbocycles. The van der Waals surface area contributed by atoms with Gasteiger partial charge in [0, 0.05) is 17.5 Å². The molecule has 0 unspecified atom stereocenters. The van der Waals surface area contributed by atoms with E-state index < -0.39 is 0 Å². The van der Waals surface area contributed by atoms with Crippen LogP contribution in [0.5, 0.6) is 0 Å². The number of aryl methyl sites for hydroxylation is 1. The van der Waals surface area contributed by atoms with E-state index in [0.717, 1.165) is 27.7 Å². The van der Waals surface area contributed by atoms with Crippen molar-refractivity contribution in [3.05, 3.63) is 90.0 Å². The Labute approximate surface area is 175 Å². The Hall–Kier alpha value is -3.51. The minimum Gasteiger partial charge on any atom is -0.357 e. The molecule has 0 radical (unpaired) electrons. The first-order valence-electron chi connectivity index (χ1n) is 9.37. The Kier molecular flexibility index (Phi) is 5.63. The van der Waals surface area contributed by atoms with E-state index in [9.17, 15) is 0 Å². The molecule has 0 atom stereocenters. The highest BCUT2D eigenvalue weighted by molar-refractivity contribution is 7.80. The SMILES string of the molecule is Cc1ccc2nc(NNC(=S)NCc3ccccc3)nc(-c3ccccc3)c2c1. The van der Waals surface area contributed by atoms with Crippen molar-refractivity contribution in [1.82, 2.24) is 20.7 Å². The van der Waals surface area contributed by atoms with Crippen LogP contribution >= 0.6 is 12.2 Å². The van der Waals surface area contributed by atoms with Gasteiger partial charge >= 0.3 is 0 Å². The standard InChI is InChI=1S/C23H21N5S/c1-16-12-13-20-19(14-16)21(18-10-6-3-7-11-18)26-22(25-20)27-28-23(29)24-15-17-8-4-2-5-9-17/h2-14H,15H2,1H3,(H2,24,28,29)(H,25,26,27). The smallest absolute Gasteiger partial charge is 0.242 e. The van der Waals surface area contributed by atoms with E-state index in [1.807, 2.05) is 72.8 Å². The second-order valence-corrected chi connectivity index (χ2v) is 7.11. The van der Waals surface area contributed by atoms with Crippen LogP contribution in [0.25, 0.3) is 22.2 Å². The lowest BCUT2D eigenvalue weighted by Crippen LogP contribution is -2.38. The van der Waals surface area contributed by atoms with Gasteiger partial charge in [0.05, 0.1) is 11.2 Å². The monoisotopic (exact) mass is 399 g/mol. The van der Waals surface area contributed by atoms with Gasteiger partial charge in [0.15, 0.2) is 5.11 Å². The zero-order chi connectivity index (χ0) is 20.1. The van der Waals surface area contributed by atoms with E-state index >= 15 is 0 Å². The lowest BCUT2D eigenvalue weighted by molar-refractivity contribution is 0.880. The first-order chi connectivity index (χ1) is 14.2. The third-order valence-corrected chi connectivity index (χ3v) is 4.73. The van der Waals surface area contributed by atoms with Crippen LogP contribution in [-0.2, 0) is 6.54 Å². The Morgan fingerprint density at radius 1 is 0.897 bits per heavy atom. The summed E-state index contributed by atoms with van der Waals surface area (Å²) in [5, 5.41) is 4.66. The van der Waals surface area contributed by atoms with Crippen molar-refractivity contribution in [1.29, 1.82) is 0 Å². The molecule has 0 spiro atoms. The molecule has 0 saturated heterocycles. The third kappa shape index (κ3) is 4.67. The Morgan fingerprint density at radius 3 is 2.38 bits per heavy atom. The molecule has 1 heterocycles. The van der Waals surface area contributed by atoms with Crippen LogP contribution in [-0.4, -0.2) is 15.1 Å². The maximum atomic E-state index is 5.35. The van der Waals surface area contributed by atoms with Gasteiger partial charge in [-0.25, -0.2) is 9.97 Å². The summed E-state index contributed by atoms with van der Waals surface area (Å²) in [6.07, 6.45) is 0. The minimum atomic E-state index is 0.462. The molecule has 0 bridgehead atoms. The van der Waals surface area contributed by atoms with Crippen LogP contribution in [0, 0.1) is 6.92 Å². The van der Waals surface area contributed by atoms with Gasteiger partial charge < -0.3 is 5.32 Å². The predicted molar refractivity (Wildman–Crippen MR) is 122 cm³/mol. The van der Waals surface area contributed by atoms with Crippen LogP contribution in [0.2, 0.25) is 0 Å². The number of hydrogen-bond donors (Lipinski definition) is 3. The highest BCUT2D eigenvalue weighted by atomic mass is 32.1. The molecule has 3 N–H and O–H groups in total. The van der Waals surface area contributed by atoms with Gasteiger partial charge in [-0.15, -0.1) is 0 Å². The van der Waals surface area contributed by atoms with Gasteiger partial charge in [0.2, 0.25) is 5.95 Å². The molecule has 29 heavy (non-hydrogen) atoms. The zero-order valence-electron chi connectivity index (χ0n) is 16.0. The number of nitrogens with zero attached hydrogens (tertiary/aromatic N) is 2. The largest absolute Gasteiger partial charge is 0.357 e. The summed E-state index contributed by atoms with van der Waals surface area (Å²) in [6, 6.07) is 26.4. The summed E-state index contributed by atoms with van der Waals surface area (Å²) in [6.45, 7) is 2.71. The van der Waals surface area contributed by atoms with E-state index in [0.29, 0.717) is 17.6 Å². The number of fused-ring (bicyclic) bond motifs is 1. The number of anilines is 1. The summed E-state index contributed by atoms with van der Waals surface area (Å²) in [4.78, 5) is 9.35. The van der Waals surface area contributed by atoms with Crippen molar-refractivity contribution >= 4 is 34.2 Å². The maximum absolute atomic E-state index is 5.35. The molecular formula is C23H21N5S. The minimum absolute atomic E-state index is 0.462. The van der Waals surface area contributed by atoms with Crippen molar-refractivity contribution in [2.75, 3.05) is 5.43 Å². The molecule has 0 aliphatic heterocycles. The first-order valence-corrected chi connectivity index (χ1v) is 9.77. The van der Waals surface area contributed by atoms with Gasteiger partial charge in [-0.05, 0) is 36.8 Å². The molecule has 1 aromatic heterocycles. The Bertz CT molecular complexity index is 1130. The lowest BCUT2D eigenvalue weighted by Gasteiger charge is -2.14. The second-order valence-electron chi connectivity index (χ2n) is 6.70. The fourth-order valence-electron chi connectivity index (χ4n) is 3.05. The molecule has 3 aromatic carbocycles. The Morgan fingerprint density at radius 2 is 1.62 bits per heavy atom. The van der Waals surface area contributed by atoms with Crippen LogP contribution in [0.15, 0.2) is 78.9 Å². The van der Waals surface area contributed by atoms with Crippen molar-refractivity contribution < 1.29 is 0 Å². The molecular weight excluding hydrogens is 378 g/mol. The summed E-state index contributed by atoms with van der Waals surface area (Å²) >= 11 is 5.35. The topological polar surface area (TPSA) is 61.9 Å². The van der Waals surface area contributed by atoms with Gasteiger partial charge in [0.25, 0.3) is 0 Å². The second kappa shape index (κ2) is 8.67. The van der Waals surface area contributed by atoms with E-state index in [1.54, 1.807) is 0 Å².